The number of fused-ring (bicyclic) bond motifs is 1. The van der Waals surface area contributed by atoms with E-state index in [0.717, 1.165) is 33.9 Å². The van der Waals surface area contributed by atoms with Crippen molar-refractivity contribution in [3.63, 3.8) is 0 Å². The highest BCUT2D eigenvalue weighted by Gasteiger charge is 2.18. The Hall–Kier alpha value is -3.87. The van der Waals surface area contributed by atoms with Crippen LogP contribution >= 0.6 is 0 Å². The third kappa shape index (κ3) is 5.73. The fourth-order valence-electron chi connectivity index (χ4n) is 4.03. The highest BCUT2D eigenvalue weighted by atomic mass is 16.7. The van der Waals surface area contributed by atoms with Gasteiger partial charge in [-0.05, 0) is 65.9 Å². The number of rotatable bonds is 10. The molecule has 1 aliphatic rings. The van der Waals surface area contributed by atoms with Gasteiger partial charge in [-0.25, -0.2) is 0 Å². The molecule has 0 saturated heterocycles. The van der Waals surface area contributed by atoms with Crippen molar-refractivity contribution in [2.45, 2.75) is 25.3 Å². The number of nitrogens with one attached hydrogen (secondary N) is 1. The summed E-state index contributed by atoms with van der Waals surface area (Å²) in [5.74, 6) is 3.44. The number of benzene rings is 3. The third-order valence-corrected chi connectivity index (χ3v) is 5.74. The molecule has 0 unspecified atom stereocenters. The number of amides is 1. The van der Waals surface area contributed by atoms with E-state index in [2.05, 4.69) is 5.32 Å². The van der Waals surface area contributed by atoms with Crippen LogP contribution in [-0.2, 0) is 24.1 Å². The monoisotopic (exact) mass is 463 g/mol. The van der Waals surface area contributed by atoms with Gasteiger partial charge in [-0.1, -0.05) is 24.3 Å². The molecule has 0 saturated carbocycles. The fraction of sp³-hybridized carbons (Fsp3) is 0.296. The largest absolute Gasteiger partial charge is 0.497 e. The highest BCUT2D eigenvalue weighted by Crippen LogP contribution is 2.33. The molecule has 0 aromatic heterocycles. The van der Waals surface area contributed by atoms with E-state index in [-0.39, 0.29) is 25.2 Å². The molecular formula is C27H29NO6. The molecule has 178 valence electrons. The maximum atomic E-state index is 13.0. The Morgan fingerprint density at radius 3 is 2.21 bits per heavy atom. The number of methoxy groups -OCH3 is 3. The summed E-state index contributed by atoms with van der Waals surface area (Å²) in [6, 6.07) is 19.2. The number of hydrogen-bond acceptors (Lipinski definition) is 6. The van der Waals surface area contributed by atoms with Gasteiger partial charge in [-0.2, -0.15) is 0 Å². The first-order chi connectivity index (χ1) is 16.6. The van der Waals surface area contributed by atoms with Crippen LogP contribution in [0.1, 0.15) is 16.7 Å². The lowest BCUT2D eigenvalue weighted by atomic mass is 9.98. The average Bonchev–Trinajstić information content (AvgIpc) is 3.32. The molecule has 3 aromatic rings. The Morgan fingerprint density at radius 1 is 0.794 bits per heavy atom. The van der Waals surface area contributed by atoms with Crippen molar-refractivity contribution in [1.82, 2.24) is 5.32 Å². The minimum atomic E-state index is -0.110. The van der Waals surface area contributed by atoms with Gasteiger partial charge in [0, 0.05) is 6.04 Å². The fourth-order valence-corrected chi connectivity index (χ4v) is 4.03. The van der Waals surface area contributed by atoms with E-state index in [9.17, 15) is 4.79 Å². The van der Waals surface area contributed by atoms with Gasteiger partial charge in [0.15, 0.2) is 23.0 Å². The van der Waals surface area contributed by atoms with Gasteiger partial charge >= 0.3 is 0 Å². The average molecular weight is 464 g/mol. The Morgan fingerprint density at radius 2 is 1.47 bits per heavy atom. The molecule has 1 aliphatic heterocycles. The zero-order valence-electron chi connectivity index (χ0n) is 19.6. The smallest absolute Gasteiger partial charge is 0.231 e. The van der Waals surface area contributed by atoms with Crippen LogP contribution in [0.5, 0.6) is 28.7 Å². The molecule has 0 bridgehead atoms. The van der Waals surface area contributed by atoms with Gasteiger partial charge in [0.1, 0.15) is 5.75 Å². The molecule has 1 heterocycles. The van der Waals surface area contributed by atoms with Crippen LogP contribution in [0.2, 0.25) is 0 Å². The summed E-state index contributed by atoms with van der Waals surface area (Å²) in [6.07, 6.45) is 1.57. The van der Waals surface area contributed by atoms with Crippen molar-refractivity contribution in [2.75, 3.05) is 28.1 Å². The maximum absolute atomic E-state index is 13.0. The Labute approximate surface area is 199 Å². The van der Waals surface area contributed by atoms with Gasteiger partial charge in [-0.15, -0.1) is 0 Å². The van der Waals surface area contributed by atoms with Crippen LogP contribution < -0.4 is 29.0 Å². The Kier molecular flexibility index (Phi) is 7.42. The molecule has 4 rings (SSSR count). The van der Waals surface area contributed by atoms with Gasteiger partial charge < -0.3 is 29.0 Å². The van der Waals surface area contributed by atoms with Crippen LogP contribution in [0.25, 0.3) is 0 Å². The molecule has 1 amide bonds. The van der Waals surface area contributed by atoms with Crippen LogP contribution in [-0.4, -0.2) is 40.1 Å². The minimum absolute atomic E-state index is 0.0634. The van der Waals surface area contributed by atoms with Crippen LogP contribution in [0.3, 0.4) is 0 Å². The zero-order valence-corrected chi connectivity index (χ0v) is 19.6. The van der Waals surface area contributed by atoms with Crippen LogP contribution in [0.4, 0.5) is 0 Å². The minimum Gasteiger partial charge on any atom is -0.497 e. The van der Waals surface area contributed by atoms with Crippen molar-refractivity contribution < 1.29 is 28.5 Å². The Balaban J connectivity index is 1.48. The second-order valence-electron chi connectivity index (χ2n) is 8.07. The van der Waals surface area contributed by atoms with E-state index in [1.807, 2.05) is 60.7 Å². The topological polar surface area (TPSA) is 75.2 Å². The normalized spacial score (nSPS) is 12.7. The number of carbonyl (C=O) groups is 1. The molecule has 1 atom stereocenters. The van der Waals surface area contributed by atoms with Crippen molar-refractivity contribution in [1.29, 1.82) is 0 Å². The molecule has 0 spiro atoms. The number of carbonyl (C=O) groups excluding carboxylic acids is 1. The maximum Gasteiger partial charge on any atom is 0.231 e. The molecule has 0 aliphatic carbocycles. The van der Waals surface area contributed by atoms with Crippen LogP contribution in [0.15, 0.2) is 60.7 Å². The zero-order chi connectivity index (χ0) is 23.9. The lowest BCUT2D eigenvalue weighted by Gasteiger charge is -2.20. The molecule has 3 aromatic carbocycles. The first kappa shape index (κ1) is 23.3. The van der Waals surface area contributed by atoms with Crippen molar-refractivity contribution >= 4 is 5.91 Å². The van der Waals surface area contributed by atoms with Gasteiger partial charge in [0.05, 0.1) is 27.8 Å². The van der Waals surface area contributed by atoms with E-state index >= 15 is 0 Å². The number of hydrogen-bond donors (Lipinski definition) is 1. The van der Waals surface area contributed by atoms with E-state index < -0.39 is 0 Å². The molecule has 34 heavy (non-hydrogen) atoms. The lowest BCUT2D eigenvalue weighted by molar-refractivity contribution is -0.121. The summed E-state index contributed by atoms with van der Waals surface area (Å²) >= 11 is 0. The van der Waals surface area contributed by atoms with E-state index in [4.69, 9.17) is 23.7 Å². The van der Waals surface area contributed by atoms with E-state index in [0.29, 0.717) is 24.3 Å². The lowest BCUT2D eigenvalue weighted by Crippen LogP contribution is -2.39. The van der Waals surface area contributed by atoms with Crippen molar-refractivity contribution in [3.8, 4) is 28.7 Å². The quantitative estimate of drug-likeness (QED) is 0.491. The second-order valence-corrected chi connectivity index (χ2v) is 8.07. The summed E-state index contributed by atoms with van der Waals surface area (Å²) in [6.45, 7) is 0.232. The number of ether oxygens (including phenoxy) is 5. The first-order valence-electron chi connectivity index (χ1n) is 11.1. The molecule has 1 N–H and O–H groups in total. The summed E-state index contributed by atoms with van der Waals surface area (Å²) in [4.78, 5) is 13.0. The summed E-state index contributed by atoms with van der Waals surface area (Å²) in [7, 11) is 4.81. The standard InChI is InChI=1S/C27H29NO6/c1-30-22-8-4-18(5-9-22)12-21(13-19-7-11-24-26(15-19)34-17-33-24)28-27(29)16-20-6-10-23(31-2)25(14-20)32-3/h4-11,14-15,21H,12-13,16-17H2,1-3H3,(H,28,29)/t21-/m1/s1. The highest BCUT2D eigenvalue weighted by molar-refractivity contribution is 5.79. The van der Waals surface area contributed by atoms with E-state index in [1.165, 1.54) is 0 Å². The third-order valence-electron chi connectivity index (χ3n) is 5.74. The molecule has 0 radical (unpaired) electrons. The molecular weight excluding hydrogens is 434 g/mol. The van der Waals surface area contributed by atoms with E-state index in [1.54, 1.807) is 21.3 Å². The Bertz CT molecular complexity index is 1130. The molecule has 0 fully saturated rings. The van der Waals surface area contributed by atoms with Crippen LogP contribution in [0, 0.1) is 0 Å². The molecule has 7 heteroatoms. The first-order valence-corrected chi connectivity index (χ1v) is 11.1. The van der Waals surface area contributed by atoms with Gasteiger partial charge in [-0.3, -0.25) is 4.79 Å². The molecule has 7 nitrogen and oxygen atoms in total. The summed E-state index contributed by atoms with van der Waals surface area (Å²) in [5.41, 5.74) is 3.02. The predicted octanol–water partition coefficient (Wildman–Crippen LogP) is 3.95. The predicted molar refractivity (Wildman–Crippen MR) is 128 cm³/mol. The summed E-state index contributed by atoms with van der Waals surface area (Å²) in [5, 5.41) is 3.21. The van der Waals surface area contributed by atoms with Crippen molar-refractivity contribution in [3.05, 3.63) is 77.4 Å². The van der Waals surface area contributed by atoms with Gasteiger partial charge in [0.2, 0.25) is 12.7 Å². The summed E-state index contributed by atoms with van der Waals surface area (Å²) < 4.78 is 26.9. The second kappa shape index (κ2) is 10.8. The van der Waals surface area contributed by atoms with Gasteiger partial charge in [0.25, 0.3) is 0 Å². The SMILES string of the molecule is COc1ccc(C[C@H](Cc2ccc3c(c2)OCO3)NC(=O)Cc2ccc(OC)c(OC)c2)cc1. The van der Waals surface area contributed by atoms with Crippen molar-refractivity contribution in [2.24, 2.45) is 0 Å².